The molecule has 0 amide bonds. The van der Waals surface area contributed by atoms with Crippen LogP contribution in [-0.2, 0) is 10.3 Å². The van der Waals surface area contributed by atoms with Gasteiger partial charge in [0.15, 0.2) is 0 Å². The Hall–Kier alpha value is -0.640. The van der Waals surface area contributed by atoms with Crippen molar-refractivity contribution in [3.63, 3.8) is 0 Å². The van der Waals surface area contributed by atoms with Crippen LogP contribution in [0.3, 0.4) is 0 Å². The second-order valence-corrected chi connectivity index (χ2v) is 8.68. The number of pyridine rings is 1. The molecule has 0 unspecified atom stereocenters. The highest BCUT2D eigenvalue weighted by molar-refractivity contribution is 6.29. The zero-order valence-corrected chi connectivity index (χ0v) is 14.6. The van der Waals surface area contributed by atoms with Crippen molar-refractivity contribution in [2.45, 2.75) is 49.7 Å². The van der Waals surface area contributed by atoms with Crippen LogP contribution >= 0.6 is 11.6 Å². The molecule has 4 heteroatoms. The van der Waals surface area contributed by atoms with Crippen molar-refractivity contribution in [1.29, 1.82) is 0 Å². The van der Waals surface area contributed by atoms with Crippen molar-refractivity contribution >= 4 is 11.6 Å². The van der Waals surface area contributed by atoms with Gasteiger partial charge in [-0.15, -0.1) is 0 Å². The van der Waals surface area contributed by atoms with Crippen molar-refractivity contribution in [2.24, 2.45) is 17.8 Å². The predicted octanol–water partition coefficient (Wildman–Crippen LogP) is 3.86. The minimum Gasteiger partial charge on any atom is -0.373 e. The molecule has 3 atom stereocenters. The molecule has 1 saturated heterocycles. The third kappa shape index (κ3) is 1.87. The molecule has 5 aliphatic rings. The number of aromatic nitrogens is 1. The zero-order valence-electron chi connectivity index (χ0n) is 13.8. The molecular weight excluding hydrogens is 308 g/mol. The minimum atomic E-state index is -0.162. The summed E-state index contributed by atoms with van der Waals surface area (Å²) in [5.41, 5.74) is 1.66. The number of hydrogen-bond acceptors (Lipinski definition) is 3. The average molecular weight is 333 g/mol. The maximum absolute atomic E-state index is 6.30. The third-order valence-corrected chi connectivity index (χ3v) is 7.60. The van der Waals surface area contributed by atoms with Gasteiger partial charge in [0.05, 0.1) is 0 Å². The van der Waals surface area contributed by atoms with Crippen LogP contribution in [-0.4, -0.2) is 35.6 Å². The second kappa shape index (κ2) is 4.93. The molecular formula is C19H25ClN2O. The van der Waals surface area contributed by atoms with E-state index in [-0.39, 0.29) is 5.60 Å². The number of piperidine rings is 1. The Morgan fingerprint density at radius 2 is 1.91 bits per heavy atom. The van der Waals surface area contributed by atoms with Gasteiger partial charge in [0, 0.05) is 43.8 Å². The van der Waals surface area contributed by atoms with Crippen LogP contribution in [0.4, 0.5) is 0 Å². The van der Waals surface area contributed by atoms with E-state index in [1.165, 1.54) is 57.2 Å². The Labute approximate surface area is 143 Å². The summed E-state index contributed by atoms with van der Waals surface area (Å²) >= 11 is 6.20. The summed E-state index contributed by atoms with van der Waals surface area (Å²) in [7, 11) is 1.90. The molecule has 2 heterocycles. The van der Waals surface area contributed by atoms with Gasteiger partial charge in [-0.25, -0.2) is 4.98 Å². The Balaban J connectivity index is 1.51. The van der Waals surface area contributed by atoms with Gasteiger partial charge in [0.1, 0.15) is 10.8 Å². The molecule has 0 N–H and O–H groups in total. The predicted molar refractivity (Wildman–Crippen MR) is 90.4 cm³/mol. The van der Waals surface area contributed by atoms with Crippen molar-refractivity contribution in [3.8, 4) is 0 Å². The van der Waals surface area contributed by atoms with E-state index in [1.54, 1.807) is 0 Å². The Bertz CT molecular complexity index is 603. The van der Waals surface area contributed by atoms with Gasteiger partial charge in [-0.3, -0.25) is 4.90 Å². The Kier molecular flexibility index (Phi) is 3.15. The molecule has 1 aliphatic heterocycles. The van der Waals surface area contributed by atoms with Crippen LogP contribution in [0, 0.1) is 17.8 Å². The van der Waals surface area contributed by atoms with Crippen LogP contribution in [0.5, 0.6) is 0 Å². The summed E-state index contributed by atoms with van der Waals surface area (Å²) in [5.74, 6) is 2.20. The number of hydrogen-bond donors (Lipinski definition) is 0. The molecule has 1 aromatic rings. The maximum atomic E-state index is 6.30. The van der Waals surface area contributed by atoms with Crippen molar-refractivity contribution in [3.05, 3.63) is 29.0 Å². The molecule has 4 aliphatic carbocycles. The number of fused-ring (bicyclic) bond motifs is 2. The average Bonchev–Trinajstić information content (AvgIpc) is 2.43. The molecule has 0 spiro atoms. The van der Waals surface area contributed by atoms with Gasteiger partial charge in [-0.05, 0) is 55.7 Å². The molecule has 0 aromatic carbocycles. The van der Waals surface area contributed by atoms with E-state index in [9.17, 15) is 0 Å². The number of methoxy groups -OCH3 is 1. The fraction of sp³-hybridized carbons (Fsp3) is 0.737. The van der Waals surface area contributed by atoms with Crippen LogP contribution in [0.25, 0.3) is 0 Å². The third-order valence-electron chi connectivity index (χ3n) is 7.39. The van der Waals surface area contributed by atoms with Gasteiger partial charge in [-0.2, -0.15) is 0 Å². The van der Waals surface area contributed by atoms with E-state index in [1.807, 2.05) is 19.4 Å². The number of nitrogens with zero attached hydrogens (tertiary/aromatic N) is 2. The second-order valence-electron chi connectivity index (χ2n) is 8.30. The topological polar surface area (TPSA) is 25.4 Å². The van der Waals surface area contributed by atoms with Crippen LogP contribution < -0.4 is 0 Å². The Morgan fingerprint density at radius 1 is 1.22 bits per heavy atom. The van der Waals surface area contributed by atoms with Gasteiger partial charge in [-0.1, -0.05) is 18.0 Å². The minimum absolute atomic E-state index is 0.162. The number of halogens is 1. The molecule has 4 saturated carbocycles. The summed E-state index contributed by atoms with van der Waals surface area (Å²) in [6.07, 6.45) is 10.1. The van der Waals surface area contributed by atoms with E-state index in [2.05, 4.69) is 16.0 Å². The molecule has 3 nitrogen and oxygen atoms in total. The lowest BCUT2D eigenvalue weighted by Gasteiger charge is -2.70. The largest absolute Gasteiger partial charge is 0.373 e. The van der Waals surface area contributed by atoms with Gasteiger partial charge < -0.3 is 4.74 Å². The highest BCUT2D eigenvalue weighted by atomic mass is 35.5. The van der Waals surface area contributed by atoms with Gasteiger partial charge in [0.2, 0.25) is 0 Å². The van der Waals surface area contributed by atoms with Crippen LogP contribution in [0.2, 0.25) is 5.15 Å². The Morgan fingerprint density at radius 3 is 2.43 bits per heavy atom. The van der Waals surface area contributed by atoms with E-state index >= 15 is 0 Å². The van der Waals surface area contributed by atoms with Crippen molar-refractivity contribution < 1.29 is 4.74 Å². The summed E-state index contributed by atoms with van der Waals surface area (Å²) in [6.45, 7) is 2.38. The van der Waals surface area contributed by atoms with E-state index in [0.717, 1.165) is 5.92 Å². The van der Waals surface area contributed by atoms with Crippen molar-refractivity contribution in [2.75, 3.05) is 20.2 Å². The summed E-state index contributed by atoms with van der Waals surface area (Å²) in [6, 6.07) is 4.16. The fourth-order valence-electron chi connectivity index (χ4n) is 6.21. The van der Waals surface area contributed by atoms with Crippen LogP contribution in [0.1, 0.15) is 44.1 Å². The molecule has 23 heavy (non-hydrogen) atoms. The highest BCUT2D eigenvalue weighted by Crippen LogP contribution is 2.63. The molecule has 1 aromatic heterocycles. The first-order chi connectivity index (χ1) is 11.2. The molecule has 6 rings (SSSR count). The van der Waals surface area contributed by atoms with Gasteiger partial charge >= 0.3 is 0 Å². The quantitative estimate of drug-likeness (QED) is 0.786. The van der Waals surface area contributed by atoms with Crippen LogP contribution in [0.15, 0.2) is 18.3 Å². The molecule has 5 fully saturated rings. The van der Waals surface area contributed by atoms with Gasteiger partial charge in [0.25, 0.3) is 0 Å². The van der Waals surface area contributed by atoms with Crippen molar-refractivity contribution in [1.82, 2.24) is 9.88 Å². The highest BCUT2D eigenvalue weighted by Gasteiger charge is 2.63. The first-order valence-corrected chi connectivity index (χ1v) is 9.46. The first kappa shape index (κ1) is 14.7. The summed E-state index contributed by atoms with van der Waals surface area (Å²) in [5, 5.41) is 0.582. The fourth-order valence-corrected chi connectivity index (χ4v) is 6.38. The van der Waals surface area contributed by atoms with E-state index in [0.29, 0.717) is 22.5 Å². The molecule has 4 bridgehead atoms. The first-order valence-electron chi connectivity index (χ1n) is 9.08. The van der Waals surface area contributed by atoms with E-state index in [4.69, 9.17) is 16.3 Å². The lowest BCUT2D eigenvalue weighted by molar-refractivity contribution is -0.226. The van der Waals surface area contributed by atoms with E-state index < -0.39 is 0 Å². The lowest BCUT2D eigenvalue weighted by Crippen LogP contribution is -2.73. The zero-order chi connectivity index (χ0) is 15.7. The number of ether oxygens (including phenoxy) is 1. The normalized spacial score (nSPS) is 45.2. The SMILES string of the molecule is CO[C@@]1(c2ccnc(Cl)c2)[C@@H]2CCC[C@H]1CN(C13CC(C1)C3)C2. The monoisotopic (exact) mass is 332 g/mol. The molecule has 124 valence electrons. The number of rotatable bonds is 3. The summed E-state index contributed by atoms with van der Waals surface area (Å²) < 4.78 is 6.30. The maximum Gasteiger partial charge on any atom is 0.129 e. The lowest BCUT2D eigenvalue weighted by atomic mass is 9.48. The number of likely N-dealkylation sites (tertiary alicyclic amines) is 1. The molecule has 0 radical (unpaired) electrons. The summed E-state index contributed by atoms with van der Waals surface area (Å²) in [4.78, 5) is 7.01. The standard InChI is InChI=1S/C19H25ClN2O/c1-23-19(14-5-6-21-17(20)7-14)15-3-2-4-16(19)12-22(11-15)18-8-13(9-18)10-18/h5-7,13,15-16H,2-4,8-12H2,1H3/t13?,15-,16+,18?,19+. The smallest absolute Gasteiger partial charge is 0.129 e.